The van der Waals surface area contributed by atoms with Crippen LogP contribution >= 0.6 is 0 Å². The summed E-state index contributed by atoms with van der Waals surface area (Å²) in [5.74, 6) is -0.203. The van der Waals surface area contributed by atoms with E-state index in [0.29, 0.717) is 0 Å². The number of fused-ring (bicyclic) bond motifs is 8. The van der Waals surface area contributed by atoms with Crippen LogP contribution in [0.25, 0.3) is 38.4 Å². The summed E-state index contributed by atoms with van der Waals surface area (Å²) in [5, 5.41) is 3.22. The number of benzene rings is 3. The molecule has 0 N–H and O–H groups in total. The Morgan fingerprint density at radius 2 is 1.71 bits per heavy atom. The molecule has 5 rings (SSSR count). The number of aryl methyl sites for hydroxylation is 2. The Morgan fingerprint density at radius 1 is 0.875 bits per heavy atom. The van der Waals surface area contributed by atoms with Gasteiger partial charge in [-0.2, -0.15) is 4.40 Å². The molecule has 0 aliphatic heterocycles. The third kappa shape index (κ3) is 1.56. The van der Waals surface area contributed by atoms with Crippen LogP contribution in [0.3, 0.4) is 0 Å². The van der Waals surface area contributed by atoms with E-state index >= 15 is 0 Å². The van der Waals surface area contributed by atoms with Crippen LogP contribution in [0.2, 0.25) is 0 Å². The Labute approximate surface area is 138 Å². The molecule has 0 amide bonds. The third-order valence-electron chi connectivity index (χ3n) is 5.00. The summed E-state index contributed by atoms with van der Waals surface area (Å²) in [6, 6.07) is 19.7. The quantitative estimate of drug-likeness (QED) is 0.290. The molecular weight excluding hydrogens is 299 g/mol. The first-order valence-electron chi connectivity index (χ1n) is 8.06. The van der Waals surface area contributed by atoms with Crippen LogP contribution in [0, 0.1) is 12.7 Å². The van der Waals surface area contributed by atoms with Crippen LogP contribution in [0.4, 0.5) is 4.39 Å². The first-order chi connectivity index (χ1) is 11.7. The van der Waals surface area contributed by atoms with Gasteiger partial charge in [0.15, 0.2) is 11.0 Å². The molecule has 0 aliphatic carbocycles. The first kappa shape index (κ1) is 13.5. The molecule has 0 saturated carbocycles. The maximum absolute atomic E-state index is 14.0. The van der Waals surface area contributed by atoms with Crippen molar-refractivity contribution < 1.29 is 8.96 Å². The van der Waals surface area contributed by atoms with Gasteiger partial charge in [-0.15, -0.1) is 0 Å². The normalized spacial score (nSPS) is 12.0. The van der Waals surface area contributed by atoms with Gasteiger partial charge in [0, 0.05) is 10.8 Å². The fourth-order valence-corrected chi connectivity index (χ4v) is 3.95. The van der Waals surface area contributed by atoms with E-state index in [2.05, 4.69) is 53.3 Å². The molecule has 3 heteroatoms. The number of hydrogen-bond acceptors (Lipinski definition) is 0. The van der Waals surface area contributed by atoms with Crippen LogP contribution in [0.1, 0.15) is 5.56 Å². The van der Waals surface area contributed by atoms with E-state index in [1.165, 1.54) is 22.5 Å². The van der Waals surface area contributed by atoms with Crippen molar-refractivity contribution in [3.05, 3.63) is 72.0 Å². The van der Waals surface area contributed by atoms with E-state index in [0.717, 1.165) is 27.5 Å². The van der Waals surface area contributed by atoms with Crippen molar-refractivity contribution in [2.45, 2.75) is 6.92 Å². The summed E-state index contributed by atoms with van der Waals surface area (Å²) >= 11 is 0. The average molecular weight is 315 g/mol. The van der Waals surface area contributed by atoms with E-state index in [9.17, 15) is 4.39 Å². The highest BCUT2D eigenvalue weighted by Crippen LogP contribution is 2.33. The van der Waals surface area contributed by atoms with Gasteiger partial charge in [0.2, 0.25) is 0 Å². The number of halogens is 1. The van der Waals surface area contributed by atoms with E-state index in [1.54, 1.807) is 6.07 Å². The van der Waals surface area contributed by atoms with Gasteiger partial charge in [0.25, 0.3) is 5.65 Å². The molecule has 0 aliphatic rings. The molecular formula is C21H16FN2+. The number of imidazole rings is 1. The topological polar surface area (TPSA) is 8.29 Å². The standard InChI is InChI=1S/C21H16FN2/c1-13-6-5-7-15-16-12-14(22)10-11-17(16)24-19-9-4-3-8-18(19)23(2)21(24)20(13)15/h3-12H,1-2H3/q+1. The summed E-state index contributed by atoms with van der Waals surface area (Å²) in [4.78, 5) is 0. The minimum atomic E-state index is -0.203. The van der Waals surface area contributed by atoms with Crippen molar-refractivity contribution in [2.75, 3.05) is 0 Å². The number of aromatic nitrogens is 2. The smallest absolute Gasteiger partial charge is 0.225 e. The summed E-state index contributed by atoms with van der Waals surface area (Å²) in [6.07, 6.45) is 0. The summed E-state index contributed by atoms with van der Waals surface area (Å²) in [6.45, 7) is 2.12. The molecule has 0 radical (unpaired) electrons. The zero-order chi connectivity index (χ0) is 16.4. The monoisotopic (exact) mass is 315 g/mol. The molecule has 116 valence electrons. The van der Waals surface area contributed by atoms with Gasteiger partial charge in [-0.1, -0.05) is 30.3 Å². The van der Waals surface area contributed by atoms with E-state index in [-0.39, 0.29) is 5.82 Å². The molecule has 2 heterocycles. The molecule has 3 aromatic carbocycles. The molecule has 0 saturated heterocycles. The Balaban J connectivity index is 2.28. The molecule has 0 spiro atoms. The highest BCUT2D eigenvalue weighted by atomic mass is 19.1. The fourth-order valence-electron chi connectivity index (χ4n) is 3.95. The number of para-hydroxylation sites is 2. The zero-order valence-electron chi connectivity index (χ0n) is 13.5. The van der Waals surface area contributed by atoms with Crippen LogP contribution in [-0.2, 0) is 7.05 Å². The van der Waals surface area contributed by atoms with Gasteiger partial charge in [-0.3, -0.25) is 0 Å². The van der Waals surface area contributed by atoms with Gasteiger partial charge in [0.1, 0.15) is 11.3 Å². The lowest BCUT2D eigenvalue weighted by atomic mass is 10.0. The number of rotatable bonds is 0. The second-order valence-electron chi connectivity index (χ2n) is 6.37. The number of hydrogen-bond donors (Lipinski definition) is 0. The van der Waals surface area contributed by atoms with E-state index in [1.807, 2.05) is 18.2 Å². The highest BCUT2D eigenvalue weighted by Gasteiger charge is 2.23. The van der Waals surface area contributed by atoms with Crippen molar-refractivity contribution in [3.8, 4) is 0 Å². The van der Waals surface area contributed by atoms with Gasteiger partial charge < -0.3 is 0 Å². The largest absolute Gasteiger partial charge is 0.295 e. The van der Waals surface area contributed by atoms with Crippen molar-refractivity contribution in [3.63, 3.8) is 0 Å². The van der Waals surface area contributed by atoms with Crippen LogP contribution < -0.4 is 4.57 Å². The predicted molar refractivity (Wildman–Crippen MR) is 95.8 cm³/mol. The molecule has 2 aromatic heterocycles. The Morgan fingerprint density at radius 3 is 2.58 bits per heavy atom. The fraction of sp³-hybridized carbons (Fsp3) is 0.0952. The lowest BCUT2D eigenvalue weighted by Crippen LogP contribution is -2.27. The molecule has 0 bridgehead atoms. The van der Waals surface area contributed by atoms with Gasteiger partial charge in [-0.05, 0) is 42.8 Å². The molecule has 0 unspecified atom stereocenters. The second-order valence-corrected chi connectivity index (χ2v) is 6.37. The number of nitrogens with zero attached hydrogens (tertiary/aromatic N) is 2. The Kier molecular flexibility index (Phi) is 2.55. The minimum absolute atomic E-state index is 0.203. The lowest BCUT2D eigenvalue weighted by molar-refractivity contribution is -0.617. The van der Waals surface area contributed by atoms with E-state index < -0.39 is 0 Å². The molecule has 0 fully saturated rings. The van der Waals surface area contributed by atoms with Gasteiger partial charge in [-0.25, -0.2) is 8.96 Å². The lowest BCUT2D eigenvalue weighted by Gasteiger charge is -2.07. The predicted octanol–water partition coefficient (Wildman–Crippen LogP) is 4.67. The van der Waals surface area contributed by atoms with Crippen molar-refractivity contribution in [2.24, 2.45) is 7.05 Å². The molecule has 0 atom stereocenters. The van der Waals surface area contributed by atoms with Gasteiger partial charge in [0.05, 0.1) is 12.4 Å². The maximum atomic E-state index is 14.0. The van der Waals surface area contributed by atoms with Crippen molar-refractivity contribution in [1.82, 2.24) is 4.40 Å². The molecule has 2 nitrogen and oxygen atoms in total. The third-order valence-corrected chi connectivity index (χ3v) is 5.00. The molecule has 5 aromatic rings. The van der Waals surface area contributed by atoms with E-state index in [4.69, 9.17) is 0 Å². The van der Waals surface area contributed by atoms with Crippen LogP contribution in [0.5, 0.6) is 0 Å². The zero-order valence-corrected chi connectivity index (χ0v) is 13.5. The minimum Gasteiger partial charge on any atom is -0.225 e. The van der Waals surface area contributed by atoms with Crippen molar-refractivity contribution >= 4 is 38.4 Å². The van der Waals surface area contributed by atoms with Crippen molar-refractivity contribution in [1.29, 1.82) is 0 Å². The van der Waals surface area contributed by atoms with Crippen LogP contribution in [0.15, 0.2) is 60.7 Å². The summed E-state index contributed by atoms with van der Waals surface area (Å²) in [7, 11) is 2.10. The summed E-state index contributed by atoms with van der Waals surface area (Å²) in [5.41, 5.74) is 5.67. The molecule has 24 heavy (non-hydrogen) atoms. The van der Waals surface area contributed by atoms with Crippen LogP contribution in [-0.4, -0.2) is 4.40 Å². The Hall–Kier alpha value is -2.94. The van der Waals surface area contributed by atoms with Gasteiger partial charge >= 0.3 is 0 Å². The first-order valence-corrected chi connectivity index (χ1v) is 8.06. The SMILES string of the molecule is Cc1cccc2c3cc(F)ccc3n3c4ccccc4[n+](C)c3c12. The second kappa shape index (κ2) is 4.54. The Bertz CT molecular complexity index is 1280. The average Bonchev–Trinajstić information content (AvgIpc) is 2.89. The summed E-state index contributed by atoms with van der Waals surface area (Å²) < 4.78 is 18.4. The number of pyridine rings is 1. The highest BCUT2D eigenvalue weighted by molar-refractivity contribution is 6.13. The maximum Gasteiger partial charge on any atom is 0.295 e.